The first-order chi connectivity index (χ1) is 8.65. The minimum Gasteiger partial charge on any atom is -0.378 e. The summed E-state index contributed by atoms with van der Waals surface area (Å²) in [7, 11) is 1.62. The summed E-state index contributed by atoms with van der Waals surface area (Å²) in [5, 5.41) is 1.70. The van der Waals surface area contributed by atoms with Crippen LogP contribution in [0.2, 0.25) is 10.0 Å². The Kier molecular flexibility index (Phi) is 4.53. The number of pyridine rings is 1. The highest BCUT2D eigenvalue weighted by Gasteiger charge is 2.15. The maximum Gasteiger partial charge on any atom is 0.144 e. The zero-order valence-electron chi connectivity index (χ0n) is 9.61. The fourth-order valence-corrected chi connectivity index (χ4v) is 2.95. The van der Waals surface area contributed by atoms with Gasteiger partial charge in [0.15, 0.2) is 0 Å². The summed E-state index contributed by atoms with van der Waals surface area (Å²) in [5.41, 5.74) is 7.12. The molecule has 7 heteroatoms. The maximum absolute atomic E-state index is 6.10. The molecule has 2 heterocycles. The number of hydrogen-bond acceptors (Lipinski definition) is 5. The van der Waals surface area contributed by atoms with E-state index in [-0.39, 0.29) is 0 Å². The highest BCUT2D eigenvalue weighted by molar-refractivity contribution is 7.15. The molecule has 0 fully saturated rings. The number of nitrogens with zero attached hydrogens (tertiary/aromatic N) is 2. The average molecular weight is 304 g/mol. The van der Waals surface area contributed by atoms with Crippen LogP contribution in [0.3, 0.4) is 0 Å². The van der Waals surface area contributed by atoms with Crippen molar-refractivity contribution in [2.45, 2.75) is 13.2 Å². The Hall–Kier alpha value is -0.720. The predicted molar refractivity (Wildman–Crippen MR) is 74.0 cm³/mol. The summed E-state index contributed by atoms with van der Waals surface area (Å²) in [6, 6.07) is 1.64. The third-order valence-corrected chi connectivity index (χ3v) is 3.88. The van der Waals surface area contributed by atoms with Crippen LogP contribution in [0.4, 0.5) is 0 Å². The molecule has 2 aromatic heterocycles. The highest BCUT2D eigenvalue weighted by atomic mass is 35.5. The van der Waals surface area contributed by atoms with Crippen LogP contribution in [0.15, 0.2) is 12.3 Å². The Morgan fingerprint density at radius 3 is 2.83 bits per heavy atom. The van der Waals surface area contributed by atoms with E-state index in [9.17, 15) is 0 Å². The number of ether oxygens (including phenoxy) is 1. The van der Waals surface area contributed by atoms with Gasteiger partial charge < -0.3 is 10.5 Å². The summed E-state index contributed by atoms with van der Waals surface area (Å²) in [5.74, 6) is 0. The first kappa shape index (κ1) is 13.7. The lowest BCUT2D eigenvalue weighted by Crippen LogP contribution is -1.99. The van der Waals surface area contributed by atoms with Gasteiger partial charge in [0.1, 0.15) is 10.7 Å². The van der Waals surface area contributed by atoms with Gasteiger partial charge in [-0.1, -0.05) is 23.2 Å². The predicted octanol–water partition coefficient (Wildman–Crippen LogP) is 3.12. The molecule has 0 aromatic carbocycles. The molecule has 18 heavy (non-hydrogen) atoms. The van der Waals surface area contributed by atoms with Gasteiger partial charge in [0.05, 0.1) is 22.3 Å². The second kappa shape index (κ2) is 5.95. The van der Waals surface area contributed by atoms with Crippen LogP contribution >= 0.6 is 34.5 Å². The Morgan fingerprint density at radius 2 is 2.22 bits per heavy atom. The second-order valence-electron chi connectivity index (χ2n) is 3.51. The van der Waals surface area contributed by atoms with Gasteiger partial charge in [0, 0.05) is 24.7 Å². The monoisotopic (exact) mass is 303 g/mol. The molecule has 0 amide bonds. The minimum atomic E-state index is 0.418. The van der Waals surface area contributed by atoms with Crippen molar-refractivity contribution in [3.8, 4) is 10.7 Å². The molecule has 2 N–H and O–H groups in total. The smallest absolute Gasteiger partial charge is 0.144 e. The van der Waals surface area contributed by atoms with Crippen LogP contribution < -0.4 is 5.73 Å². The molecule has 96 valence electrons. The largest absolute Gasteiger partial charge is 0.378 e. The van der Waals surface area contributed by atoms with Gasteiger partial charge in [0.2, 0.25) is 0 Å². The Bertz CT molecular complexity index is 559. The van der Waals surface area contributed by atoms with E-state index in [1.54, 1.807) is 19.4 Å². The van der Waals surface area contributed by atoms with Crippen molar-refractivity contribution in [1.82, 2.24) is 9.97 Å². The quantitative estimate of drug-likeness (QED) is 0.942. The number of methoxy groups -OCH3 is 1. The average Bonchev–Trinajstić information content (AvgIpc) is 2.72. The first-order valence-corrected chi connectivity index (χ1v) is 6.72. The summed E-state index contributed by atoms with van der Waals surface area (Å²) >= 11 is 13.4. The maximum atomic E-state index is 6.10. The van der Waals surface area contributed by atoms with Gasteiger partial charge in [0.25, 0.3) is 0 Å². The normalized spacial score (nSPS) is 10.9. The minimum absolute atomic E-state index is 0.418. The lowest BCUT2D eigenvalue weighted by atomic mass is 10.3. The van der Waals surface area contributed by atoms with E-state index in [1.165, 1.54) is 11.3 Å². The van der Waals surface area contributed by atoms with Crippen LogP contribution in [-0.4, -0.2) is 17.1 Å². The number of hydrogen-bond donors (Lipinski definition) is 1. The van der Waals surface area contributed by atoms with Crippen LogP contribution in [-0.2, 0) is 17.9 Å². The summed E-state index contributed by atoms with van der Waals surface area (Å²) in [6.07, 6.45) is 1.54. The Morgan fingerprint density at radius 1 is 1.44 bits per heavy atom. The number of aromatic nitrogens is 2. The van der Waals surface area contributed by atoms with E-state index in [2.05, 4.69) is 9.97 Å². The van der Waals surface area contributed by atoms with Crippen molar-refractivity contribution >= 4 is 34.5 Å². The number of rotatable bonds is 4. The fourth-order valence-electron chi connectivity index (χ4n) is 1.47. The van der Waals surface area contributed by atoms with E-state index < -0.39 is 0 Å². The van der Waals surface area contributed by atoms with Crippen molar-refractivity contribution in [3.05, 3.63) is 32.9 Å². The summed E-state index contributed by atoms with van der Waals surface area (Å²) in [4.78, 5) is 9.63. The zero-order chi connectivity index (χ0) is 13.1. The van der Waals surface area contributed by atoms with Crippen LogP contribution in [0.1, 0.15) is 10.6 Å². The molecule has 0 bridgehead atoms. The molecule has 2 aromatic rings. The van der Waals surface area contributed by atoms with E-state index in [4.69, 9.17) is 33.7 Å². The fraction of sp³-hybridized carbons (Fsp3) is 0.273. The number of nitrogens with two attached hydrogens (primary N) is 1. The third-order valence-electron chi connectivity index (χ3n) is 2.26. The Labute approximate surface area is 119 Å². The van der Waals surface area contributed by atoms with E-state index in [0.29, 0.717) is 28.9 Å². The van der Waals surface area contributed by atoms with Crippen molar-refractivity contribution in [3.63, 3.8) is 0 Å². The van der Waals surface area contributed by atoms with Gasteiger partial charge in [-0.25, -0.2) is 4.98 Å². The number of thiazole rings is 1. The van der Waals surface area contributed by atoms with Gasteiger partial charge in [-0.05, 0) is 6.07 Å². The lowest BCUT2D eigenvalue weighted by molar-refractivity contribution is 0.181. The van der Waals surface area contributed by atoms with Crippen molar-refractivity contribution in [2.24, 2.45) is 5.73 Å². The molecule has 0 aliphatic carbocycles. The molecule has 0 spiro atoms. The van der Waals surface area contributed by atoms with Gasteiger partial charge in [-0.2, -0.15) is 0 Å². The molecule has 0 aliphatic heterocycles. The first-order valence-electron chi connectivity index (χ1n) is 5.14. The number of halogens is 2. The van der Waals surface area contributed by atoms with Crippen molar-refractivity contribution in [2.75, 3.05) is 7.11 Å². The SMILES string of the molecule is COCc1nc(-c2ncc(Cl)cc2Cl)sc1CN. The zero-order valence-corrected chi connectivity index (χ0v) is 11.9. The summed E-state index contributed by atoms with van der Waals surface area (Å²) in [6.45, 7) is 0.843. The summed E-state index contributed by atoms with van der Waals surface area (Å²) < 4.78 is 5.08. The molecule has 0 saturated carbocycles. The standard InChI is InChI=1S/C11H11Cl2N3OS/c1-17-5-8-9(3-14)18-11(16-8)10-7(13)2-6(12)4-15-10/h2,4H,3,5,14H2,1H3. The molecule has 0 unspecified atom stereocenters. The van der Waals surface area contributed by atoms with Crippen LogP contribution in [0.5, 0.6) is 0 Å². The van der Waals surface area contributed by atoms with Gasteiger partial charge in [-0.15, -0.1) is 11.3 Å². The highest BCUT2D eigenvalue weighted by Crippen LogP contribution is 2.32. The molecular formula is C11H11Cl2N3OS. The second-order valence-corrected chi connectivity index (χ2v) is 5.44. The van der Waals surface area contributed by atoms with Crippen LogP contribution in [0, 0.1) is 0 Å². The third kappa shape index (κ3) is 2.81. The lowest BCUT2D eigenvalue weighted by Gasteiger charge is -1.99. The molecule has 4 nitrogen and oxygen atoms in total. The Balaban J connectivity index is 2.44. The van der Waals surface area contributed by atoms with E-state index in [1.807, 2.05) is 0 Å². The molecule has 2 rings (SSSR count). The molecule has 0 aliphatic rings. The molecule has 0 atom stereocenters. The van der Waals surface area contributed by atoms with Gasteiger partial charge in [-0.3, -0.25) is 4.98 Å². The van der Waals surface area contributed by atoms with E-state index >= 15 is 0 Å². The molecular weight excluding hydrogens is 293 g/mol. The van der Waals surface area contributed by atoms with Gasteiger partial charge >= 0.3 is 0 Å². The van der Waals surface area contributed by atoms with E-state index in [0.717, 1.165) is 15.6 Å². The molecule has 0 radical (unpaired) electrons. The van der Waals surface area contributed by atoms with Crippen molar-refractivity contribution < 1.29 is 4.74 Å². The van der Waals surface area contributed by atoms with Crippen molar-refractivity contribution in [1.29, 1.82) is 0 Å². The molecule has 0 saturated heterocycles. The van der Waals surface area contributed by atoms with Crippen LogP contribution in [0.25, 0.3) is 10.7 Å². The topological polar surface area (TPSA) is 61.0 Å².